The van der Waals surface area contributed by atoms with Gasteiger partial charge in [-0.1, -0.05) is 75.6 Å². The number of aromatic amines is 1. The van der Waals surface area contributed by atoms with Gasteiger partial charge in [0.25, 0.3) is 0 Å². The van der Waals surface area contributed by atoms with Crippen molar-refractivity contribution in [3.05, 3.63) is 82.6 Å². The minimum atomic E-state index is -1.81. The first-order chi connectivity index (χ1) is 30.9. The standard InChI is InChI=1S/C51H67N5O8/c1-8-11-14-24-63-47(59)52-31-51(60)44-49(20-23-56-21-15-19-48(10-3,43(49)56)45(51)64-32(4)57)37-26-38(41(61-6)27-40(37)54(44)5)50(46(58)62-7)28-34-25-33(9-2)29-55(30-34)22-18-36-35-16-12-13-17-39(35)53-42(36)50/h12-13,15-17,19,25-27,34,43-45,53,60H,8-11,14,18,20-24,28-31H2,1-7H3,(H,52,59)/t34-,43-,44+,45+,48+,49+,50-,51+/m0/s1. The lowest BCUT2D eigenvalue weighted by molar-refractivity contribution is -0.217. The van der Waals surface area contributed by atoms with Crippen LogP contribution in [0.2, 0.25) is 0 Å². The Morgan fingerprint density at radius 2 is 1.84 bits per heavy atom. The molecular weight excluding hydrogens is 811 g/mol. The Bertz CT molecular complexity index is 2380. The number of carbonyl (C=O) groups is 3. The van der Waals surface area contributed by atoms with Crippen molar-refractivity contribution in [1.29, 1.82) is 0 Å². The van der Waals surface area contributed by atoms with Crippen LogP contribution in [0.1, 0.15) is 95.0 Å². The average Bonchev–Trinajstić information content (AvgIpc) is 3.96. The summed E-state index contributed by atoms with van der Waals surface area (Å²) in [6.45, 7) is 11.8. The molecule has 1 aliphatic carbocycles. The predicted octanol–water partition coefficient (Wildman–Crippen LogP) is 6.54. The van der Waals surface area contributed by atoms with Crippen molar-refractivity contribution in [3.63, 3.8) is 0 Å². The zero-order valence-electron chi connectivity index (χ0n) is 38.8. The molecule has 13 heteroatoms. The topological polar surface area (TPSA) is 146 Å². The summed E-state index contributed by atoms with van der Waals surface area (Å²) >= 11 is 0. The molecule has 344 valence electrons. The van der Waals surface area contributed by atoms with Crippen LogP contribution in [0.3, 0.4) is 0 Å². The summed E-state index contributed by atoms with van der Waals surface area (Å²) in [6, 6.07) is 11.7. The number of unbranched alkanes of at least 4 members (excludes halogenated alkanes) is 2. The average molecular weight is 878 g/mol. The lowest BCUT2D eigenvalue weighted by atomic mass is 9.47. The third-order valence-corrected chi connectivity index (χ3v) is 16.2. The number of para-hydroxylation sites is 1. The maximum absolute atomic E-state index is 15.4. The van der Waals surface area contributed by atoms with Crippen LogP contribution in [0.25, 0.3) is 10.9 Å². The Morgan fingerprint density at radius 1 is 1.03 bits per heavy atom. The summed E-state index contributed by atoms with van der Waals surface area (Å²) in [5.74, 6) is -0.302. The number of methoxy groups -OCH3 is 2. The van der Waals surface area contributed by atoms with Gasteiger partial charge >= 0.3 is 18.0 Å². The quantitative estimate of drug-likeness (QED) is 0.0790. The third kappa shape index (κ3) is 6.53. The molecule has 6 heterocycles. The van der Waals surface area contributed by atoms with E-state index in [1.165, 1.54) is 19.6 Å². The molecule has 5 aliphatic heterocycles. The van der Waals surface area contributed by atoms with Gasteiger partial charge in [0.1, 0.15) is 22.9 Å². The molecule has 9 rings (SSSR count). The Morgan fingerprint density at radius 3 is 2.58 bits per heavy atom. The molecule has 9 atom stereocenters. The highest BCUT2D eigenvalue weighted by Gasteiger charge is 2.78. The van der Waals surface area contributed by atoms with E-state index in [0.29, 0.717) is 37.1 Å². The van der Waals surface area contributed by atoms with E-state index >= 15 is 4.79 Å². The maximum atomic E-state index is 15.4. The van der Waals surface area contributed by atoms with Crippen molar-refractivity contribution < 1.29 is 38.4 Å². The lowest BCUT2D eigenvalue weighted by Crippen LogP contribution is -2.81. The number of aliphatic hydroxyl groups is 1. The number of hydrogen-bond acceptors (Lipinski definition) is 11. The van der Waals surface area contributed by atoms with Crippen LogP contribution < -0.4 is 15.0 Å². The number of H-pyrrole nitrogens is 1. The van der Waals surface area contributed by atoms with Crippen LogP contribution in [-0.4, -0.2) is 129 Å². The van der Waals surface area contributed by atoms with Gasteiger partial charge in [-0.3, -0.25) is 19.4 Å². The number of likely N-dealkylation sites (N-methyl/N-ethyl adjacent to an activating group) is 1. The number of hydrogen-bond donors (Lipinski definition) is 3. The van der Waals surface area contributed by atoms with Crippen molar-refractivity contribution in [2.75, 3.05) is 72.0 Å². The van der Waals surface area contributed by atoms with Crippen LogP contribution in [0.4, 0.5) is 10.5 Å². The summed E-state index contributed by atoms with van der Waals surface area (Å²) in [5.41, 5.74) is 2.06. The van der Waals surface area contributed by atoms with E-state index in [2.05, 4.69) is 88.3 Å². The fourth-order valence-electron chi connectivity index (χ4n) is 13.8. The van der Waals surface area contributed by atoms with Gasteiger partial charge < -0.3 is 39.3 Å². The van der Waals surface area contributed by atoms with E-state index in [-0.39, 0.29) is 31.1 Å². The minimum Gasteiger partial charge on any atom is -0.496 e. The number of ether oxygens (including phenoxy) is 4. The monoisotopic (exact) mass is 877 g/mol. The number of esters is 2. The maximum Gasteiger partial charge on any atom is 0.407 e. The molecule has 13 nitrogen and oxygen atoms in total. The van der Waals surface area contributed by atoms with Crippen molar-refractivity contribution in [2.45, 2.75) is 114 Å². The van der Waals surface area contributed by atoms with Crippen LogP contribution in [0.5, 0.6) is 5.75 Å². The summed E-state index contributed by atoms with van der Waals surface area (Å²) in [5, 5.41) is 17.8. The first kappa shape index (κ1) is 44.4. The van der Waals surface area contributed by atoms with Gasteiger partial charge in [-0.2, -0.15) is 0 Å². The number of nitrogens with one attached hydrogen (secondary N) is 2. The second-order valence-electron chi connectivity index (χ2n) is 19.4. The summed E-state index contributed by atoms with van der Waals surface area (Å²) < 4.78 is 24.5. The number of carbonyl (C=O) groups excluding carboxylic acids is 3. The molecule has 2 fully saturated rings. The highest BCUT2D eigenvalue weighted by molar-refractivity contribution is 5.94. The van der Waals surface area contributed by atoms with E-state index in [1.807, 2.05) is 19.2 Å². The van der Waals surface area contributed by atoms with Crippen LogP contribution in [0.15, 0.2) is 60.2 Å². The zero-order chi connectivity index (χ0) is 45.2. The first-order valence-electron chi connectivity index (χ1n) is 23.6. The second-order valence-corrected chi connectivity index (χ2v) is 19.4. The van der Waals surface area contributed by atoms with Crippen LogP contribution >= 0.6 is 0 Å². The molecule has 3 aromatic rings. The van der Waals surface area contributed by atoms with Crippen molar-refractivity contribution in [1.82, 2.24) is 20.1 Å². The van der Waals surface area contributed by atoms with E-state index < -0.39 is 46.1 Å². The molecule has 64 heavy (non-hydrogen) atoms. The van der Waals surface area contributed by atoms with Gasteiger partial charge in [0.2, 0.25) is 0 Å². The van der Waals surface area contributed by atoms with Gasteiger partial charge in [-0.05, 0) is 74.2 Å². The Hall–Kier alpha value is -4.85. The summed E-state index contributed by atoms with van der Waals surface area (Å²) in [4.78, 5) is 53.1. The fourth-order valence-corrected chi connectivity index (χ4v) is 13.8. The van der Waals surface area contributed by atoms with Crippen LogP contribution in [-0.2, 0) is 41.1 Å². The fraction of sp³-hybridized carbons (Fsp3) is 0.588. The highest BCUT2D eigenvalue weighted by Crippen LogP contribution is 2.68. The molecular formula is C51H67N5O8. The van der Waals surface area contributed by atoms with Gasteiger partial charge in [-0.15, -0.1) is 0 Å². The SMILES string of the molecule is CCCCCOC(=O)NC[C@]1(O)[C@H](OC(C)=O)[C@]2(CC)C=CCN3CC[C@@]4(c5cc([C@@]6(C(=O)OC)C[C@@H]7C=C(CC)CN(CCc8c6[nH]c6ccccc86)C7)c(OC)cc5N(C)[C@@H]14)[C@@H]32. The molecule has 2 aromatic carbocycles. The molecule has 3 N–H and O–H groups in total. The predicted molar refractivity (Wildman–Crippen MR) is 246 cm³/mol. The number of alkyl carbamates (subject to hydrolysis) is 1. The molecule has 1 saturated heterocycles. The van der Waals surface area contributed by atoms with Gasteiger partial charge in [0, 0.05) is 90.9 Å². The van der Waals surface area contributed by atoms with Crippen molar-refractivity contribution in [3.8, 4) is 5.75 Å². The van der Waals surface area contributed by atoms with Crippen molar-refractivity contribution in [2.24, 2.45) is 11.3 Å². The molecule has 1 spiro atoms. The van der Waals surface area contributed by atoms with Gasteiger partial charge in [0.05, 0.1) is 33.4 Å². The Labute approximate surface area is 377 Å². The minimum absolute atomic E-state index is 0.0296. The number of fused-ring (bicyclic) bond motifs is 6. The Kier molecular flexibility index (Phi) is 11.7. The number of benzene rings is 2. The molecule has 6 aliphatic rings. The highest BCUT2D eigenvalue weighted by atomic mass is 16.6. The summed E-state index contributed by atoms with van der Waals surface area (Å²) in [6.07, 6.45) is 11.0. The smallest absolute Gasteiger partial charge is 0.407 e. The van der Waals surface area contributed by atoms with Crippen LogP contribution in [0, 0.1) is 11.3 Å². The molecule has 1 unspecified atom stereocenters. The largest absolute Gasteiger partial charge is 0.496 e. The third-order valence-electron chi connectivity index (χ3n) is 16.2. The molecule has 2 bridgehead atoms. The summed E-state index contributed by atoms with van der Waals surface area (Å²) in [7, 11) is 5.12. The first-order valence-corrected chi connectivity index (χ1v) is 23.6. The molecule has 1 amide bonds. The number of amides is 1. The number of aromatic nitrogens is 1. The lowest BCUT2D eigenvalue weighted by Gasteiger charge is -2.64. The number of rotatable bonds is 12. The van der Waals surface area contributed by atoms with Gasteiger partial charge in [0.15, 0.2) is 0 Å². The van der Waals surface area contributed by atoms with Gasteiger partial charge in [-0.25, -0.2) is 4.79 Å². The number of nitrogens with zero attached hydrogens (tertiary/aromatic N) is 3. The van der Waals surface area contributed by atoms with E-state index in [4.69, 9.17) is 18.9 Å². The second kappa shape index (κ2) is 16.9. The zero-order valence-corrected chi connectivity index (χ0v) is 38.8. The molecule has 0 radical (unpaired) electrons. The number of anilines is 1. The molecule has 1 aromatic heterocycles. The van der Waals surface area contributed by atoms with E-state index in [1.54, 1.807) is 7.11 Å². The van der Waals surface area contributed by atoms with Crippen molar-refractivity contribution >= 4 is 34.6 Å². The van der Waals surface area contributed by atoms with E-state index in [9.17, 15) is 14.7 Å². The normalized spacial score (nSPS) is 32.5. The van der Waals surface area contributed by atoms with E-state index in [0.717, 1.165) is 91.7 Å². The molecule has 1 saturated carbocycles. The Balaban J connectivity index is 1.29.